The summed E-state index contributed by atoms with van der Waals surface area (Å²) in [6.07, 6.45) is 1.93. The minimum absolute atomic E-state index is 0.0495. The van der Waals surface area contributed by atoms with Gasteiger partial charge in [0.15, 0.2) is 0 Å². The molecule has 5 heteroatoms. The molecule has 0 unspecified atom stereocenters. The van der Waals surface area contributed by atoms with Gasteiger partial charge in [-0.1, -0.05) is 0 Å². The molecular weight excluding hydrogens is 218 g/mol. The predicted octanol–water partition coefficient (Wildman–Crippen LogP) is 1.06. The number of phenols is 2. The van der Waals surface area contributed by atoms with Gasteiger partial charge in [-0.05, 0) is 12.1 Å². The van der Waals surface area contributed by atoms with E-state index in [1.165, 1.54) is 6.07 Å². The molecule has 1 aliphatic heterocycles. The summed E-state index contributed by atoms with van der Waals surface area (Å²) in [7, 11) is 0. The topological polar surface area (TPSA) is 70.3 Å². The van der Waals surface area contributed by atoms with Gasteiger partial charge in [0.2, 0.25) is 0 Å². The number of nitrogens with one attached hydrogen (secondary N) is 1. The number of imidazole rings is 1. The van der Waals surface area contributed by atoms with E-state index in [-0.39, 0.29) is 11.5 Å². The second kappa shape index (κ2) is 3.78. The van der Waals surface area contributed by atoms with Crippen LogP contribution in [-0.2, 0) is 13.1 Å². The van der Waals surface area contributed by atoms with Crippen molar-refractivity contribution in [1.82, 2.24) is 14.9 Å². The molecule has 0 amide bonds. The van der Waals surface area contributed by atoms with E-state index in [9.17, 15) is 10.2 Å². The summed E-state index contributed by atoms with van der Waals surface area (Å²) >= 11 is 0. The molecule has 2 heterocycles. The molecule has 0 aliphatic carbocycles. The van der Waals surface area contributed by atoms with Crippen LogP contribution in [0.3, 0.4) is 0 Å². The van der Waals surface area contributed by atoms with Gasteiger partial charge in [0.05, 0.1) is 12.2 Å². The van der Waals surface area contributed by atoms with Crippen LogP contribution in [0.5, 0.6) is 11.5 Å². The molecule has 1 aliphatic rings. The zero-order chi connectivity index (χ0) is 11.8. The fourth-order valence-electron chi connectivity index (χ4n) is 2.06. The third-order valence-corrected chi connectivity index (χ3v) is 2.93. The number of nitrogens with zero attached hydrogens (tertiary/aromatic N) is 2. The highest BCUT2D eigenvalue weighted by Crippen LogP contribution is 2.31. The summed E-state index contributed by atoms with van der Waals surface area (Å²) in [6.45, 7) is 2.57. The smallest absolute Gasteiger partial charge is 0.128 e. The summed E-state index contributed by atoms with van der Waals surface area (Å²) in [6, 6.07) is 4.55. The van der Waals surface area contributed by atoms with E-state index in [4.69, 9.17) is 0 Å². The molecule has 0 spiro atoms. The van der Waals surface area contributed by atoms with Gasteiger partial charge in [-0.25, -0.2) is 4.98 Å². The zero-order valence-corrected chi connectivity index (χ0v) is 9.22. The lowest BCUT2D eigenvalue weighted by Gasteiger charge is -2.13. The van der Waals surface area contributed by atoms with Crippen LogP contribution in [0.4, 0.5) is 0 Å². The first-order chi connectivity index (χ1) is 8.24. The van der Waals surface area contributed by atoms with Crippen LogP contribution in [0.1, 0.15) is 5.82 Å². The maximum absolute atomic E-state index is 9.78. The van der Waals surface area contributed by atoms with Crippen molar-refractivity contribution in [1.29, 1.82) is 0 Å². The summed E-state index contributed by atoms with van der Waals surface area (Å²) in [5.41, 5.74) is 1.38. The molecular formula is C12H13N3O2. The SMILES string of the molecule is Oc1ccc(-c2cn3c(n2)CNCC3)c(O)c1. The minimum Gasteiger partial charge on any atom is -0.508 e. The lowest BCUT2D eigenvalue weighted by atomic mass is 10.1. The first kappa shape index (κ1) is 10.2. The molecule has 0 atom stereocenters. The summed E-state index contributed by atoms with van der Waals surface area (Å²) in [5, 5.41) is 22.3. The summed E-state index contributed by atoms with van der Waals surface area (Å²) in [4.78, 5) is 4.47. The molecule has 0 fully saturated rings. The van der Waals surface area contributed by atoms with Crippen molar-refractivity contribution in [2.75, 3.05) is 6.54 Å². The highest BCUT2D eigenvalue weighted by Gasteiger charge is 2.14. The largest absolute Gasteiger partial charge is 0.508 e. The van der Waals surface area contributed by atoms with Crippen molar-refractivity contribution in [3.05, 3.63) is 30.2 Å². The van der Waals surface area contributed by atoms with Gasteiger partial charge in [-0.3, -0.25) is 0 Å². The van der Waals surface area contributed by atoms with Crippen molar-refractivity contribution in [2.24, 2.45) is 0 Å². The Morgan fingerprint density at radius 2 is 2.18 bits per heavy atom. The quantitative estimate of drug-likeness (QED) is 0.686. The van der Waals surface area contributed by atoms with Crippen LogP contribution in [-0.4, -0.2) is 26.3 Å². The fourth-order valence-corrected chi connectivity index (χ4v) is 2.06. The lowest BCUT2D eigenvalue weighted by molar-refractivity contribution is 0.452. The maximum atomic E-state index is 9.78. The van der Waals surface area contributed by atoms with Gasteiger partial charge in [0.25, 0.3) is 0 Å². The predicted molar refractivity (Wildman–Crippen MR) is 62.7 cm³/mol. The van der Waals surface area contributed by atoms with Gasteiger partial charge in [0.1, 0.15) is 17.3 Å². The Labute approximate surface area is 98.4 Å². The molecule has 5 nitrogen and oxygen atoms in total. The molecule has 2 aromatic rings. The first-order valence-corrected chi connectivity index (χ1v) is 5.53. The molecule has 3 rings (SSSR count). The van der Waals surface area contributed by atoms with E-state index in [1.54, 1.807) is 12.1 Å². The Morgan fingerprint density at radius 1 is 1.29 bits per heavy atom. The molecule has 17 heavy (non-hydrogen) atoms. The van der Waals surface area contributed by atoms with Crippen LogP contribution >= 0.6 is 0 Å². The fraction of sp³-hybridized carbons (Fsp3) is 0.250. The van der Waals surface area contributed by atoms with E-state index < -0.39 is 0 Å². The second-order valence-corrected chi connectivity index (χ2v) is 4.11. The van der Waals surface area contributed by atoms with Gasteiger partial charge < -0.3 is 20.1 Å². The van der Waals surface area contributed by atoms with Crippen LogP contribution in [0.15, 0.2) is 24.4 Å². The van der Waals surface area contributed by atoms with E-state index in [1.807, 2.05) is 6.20 Å². The molecule has 0 saturated carbocycles. The van der Waals surface area contributed by atoms with Crippen LogP contribution < -0.4 is 5.32 Å². The number of rotatable bonds is 1. The molecule has 1 aromatic heterocycles. The molecule has 3 N–H and O–H groups in total. The van der Waals surface area contributed by atoms with Gasteiger partial charge in [-0.15, -0.1) is 0 Å². The van der Waals surface area contributed by atoms with Crippen LogP contribution in [0, 0.1) is 0 Å². The Kier molecular flexibility index (Phi) is 2.26. The van der Waals surface area contributed by atoms with Crippen molar-refractivity contribution in [3.8, 4) is 22.8 Å². The van der Waals surface area contributed by atoms with Crippen LogP contribution in [0.2, 0.25) is 0 Å². The third-order valence-electron chi connectivity index (χ3n) is 2.93. The number of hydrogen-bond acceptors (Lipinski definition) is 4. The number of fused-ring (bicyclic) bond motifs is 1. The molecule has 0 bridgehead atoms. The Morgan fingerprint density at radius 3 is 2.94 bits per heavy atom. The highest BCUT2D eigenvalue weighted by atomic mass is 16.3. The Hall–Kier alpha value is -2.01. The monoisotopic (exact) mass is 231 g/mol. The molecule has 1 aromatic carbocycles. The average Bonchev–Trinajstić information content (AvgIpc) is 2.72. The normalized spacial score (nSPS) is 14.6. The first-order valence-electron chi connectivity index (χ1n) is 5.53. The highest BCUT2D eigenvalue weighted by molar-refractivity contribution is 5.67. The van der Waals surface area contributed by atoms with E-state index in [2.05, 4.69) is 14.9 Å². The standard InChI is InChI=1S/C12H13N3O2/c16-8-1-2-9(11(17)5-8)10-7-15-4-3-13-6-12(15)14-10/h1-2,5,7,13,16-17H,3-4,6H2. The summed E-state index contributed by atoms with van der Waals surface area (Å²) < 4.78 is 2.08. The second-order valence-electron chi connectivity index (χ2n) is 4.11. The van der Waals surface area contributed by atoms with Gasteiger partial charge in [-0.2, -0.15) is 0 Å². The van der Waals surface area contributed by atoms with Crippen molar-refractivity contribution >= 4 is 0 Å². The number of hydrogen-bond donors (Lipinski definition) is 3. The van der Waals surface area contributed by atoms with Crippen LogP contribution in [0.25, 0.3) is 11.3 Å². The lowest BCUT2D eigenvalue weighted by Crippen LogP contribution is -2.27. The zero-order valence-electron chi connectivity index (χ0n) is 9.22. The minimum atomic E-state index is 0.0495. The molecule has 88 valence electrons. The number of aromatic nitrogens is 2. The van der Waals surface area contributed by atoms with E-state index in [0.717, 1.165) is 31.2 Å². The number of phenolic OH excluding ortho intramolecular Hbond substituents is 2. The number of aromatic hydroxyl groups is 2. The molecule has 0 saturated heterocycles. The average molecular weight is 231 g/mol. The van der Waals surface area contributed by atoms with Gasteiger partial charge in [0, 0.05) is 30.9 Å². The third kappa shape index (κ3) is 1.74. The van der Waals surface area contributed by atoms with Gasteiger partial charge >= 0.3 is 0 Å². The molecule has 0 radical (unpaired) electrons. The Balaban J connectivity index is 2.06. The van der Waals surface area contributed by atoms with Crippen molar-refractivity contribution in [2.45, 2.75) is 13.1 Å². The Bertz CT molecular complexity index is 539. The van der Waals surface area contributed by atoms with E-state index in [0.29, 0.717) is 5.56 Å². The van der Waals surface area contributed by atoms with E-state index >= 15 is 0 Å². The number of benzene rings is 1. The van der Waals surface area contributed by atoms with Crippen molar-refractivity contribution in [3.63, 3.8) is 0 Å². The van der Waals surface area contributed by atoms with Crippen molar-refractivity contribution < 1.29 is 10.2 Å². The summed E-state index contributed by atoms with van der Waals surface area (Å²) in [5.74, 6) is 1.07. The maximum Gasteiger partial charge on any atom is 0.128 e.